The van der Waals surface area contributed by atoms with E-state index in [1.807, 2.05) is 6.07 Å². The predicted molar refractivity (Wildman–Crippen MR) is 102 cm³/mol. The third-order valence-corrected chi connectivity index (χ3v) is 5.11. The zero-order chi connectivity index (χ0) is 17.1. The van der Waals surface area contributed by atoms with Crippen molar-refractivity contribution in [1.82, 2.24) is 14.9 Å². The summed E-state index contributed by atoms with van der Waals surface area (Å²) in [5, 5.41) is 0. The summed E-state index contributed by atoms with van der Waals surface area (Å²) in [5.74, 6) is 0.768. The van der Waals surface area contributed by atoms with E-state index >= 15 is 0 Å². The van der Waals surface area contributed by atoms with Crippen molar-refractivity contribution in [2.75, 3.05) is 13.6 Å². The Morgan fingerprint density at radius 1 is 0.800 bits per heavy atom. The molecule has 1 unspecified atom stereocenters. The largest absolute Gasteiger partial charge is 0.299 e. The number of piperidine rings is 1. The first kappa shape index (κ1) is 16.0. The lowest BCUT2D eigenvalue weighted by molar-refractivity contribution is 0.187. The summed E-state index contributed by atoms with van der Waals surface area (Å²) in [6.45, 7) is 1.20. The highest BCUT2D eigenvalue weighted by molar-refractivity contribution is 5.67. The monoisotopic (exact) mass is 329 g/mol. The number of rotatable bonds is 3. The van der Waals surface area contributed by atoms with Gasteiger partial charge in [-0.05, 0) is 49.2 Å². The molecule has 0 spiro atoms. The van der Waals surface area contributed by atoms with E-state index in [1.54, 1.807) is 12.4 Å². The highest BCUT2D eigenvalue weighted by Crippen LogP contribution is 2.31. The minimum absolute atomic E-state index is 0.570. The van der Waals surface area contributed by atoms with Gasteiger partial charge in [-0.1, -0.05) is 55.0 Å². The Labute approximate surface area is 149 Å². The van der Waals surface area contributed by atoms with Crippen molar-refractivity contribution in [2.45, 2.75) is 25.3 Å². The van der Waals surface area contributed by atoms with Gasteiger partial charge in [0.25, 0.3) is 0 Å². The van der Waals surface area contributed by atoms with Crippen molar-refractivity contribution < 1.29 is 0 Å². The third-order valence-electron chi connectivity index (χ3n) is 5.11. The molecule has 3 nitrogen and oxygen atoms in total. The van der Waals surface area contributed by atoms with Crippen molar-refractivity contribution in [3.05, 3.63) is 72.6 Å². The first-order chi connectivity index (χ1) is 12.3. The second kappa shape index (κ2) is 7.16. The summed E-state index contributed by atoms with van der Waals surface area (Å²) < 4.78 is 0. The molecule has 0 N–H and O–H groups in total. The van der Waals surface area contributed by atoms with Gasteiger partial charge in [0, 0.05) is 24.0 Å². The molecule has 1 fully saturated rings. The van der Waals surface area contributed by atoms with Crippen LogP contribution in [0.25, 0.3) is 22.5 Å². The number of nitrogens with zero attached hydrogens (tertiary/aromatic N) is 3. The maximum atomic E-state index is 4.31. The van der Waals surface area contributed by atoms with Gasteiger partial charge in [-0.2, -0.15) is 0 Å². The second-order valence-electron chi connectivity index (χ2n) is 6.76. The molecule has 2 heterocycles. The number of hydrogen-bond acceptors (Lipinski definition) is 3. The predicted octanol–water partition coefficient (Wildman–Crippen LogP) is 4.97. The second-order valence-corrected chi connectivity index (χ2v) is 6.76. The number of benzene rings is 2. The molecule has 1 aliphatic rings. The van der Waals surface area contributed by atoms with Crippen LogP contribution < -0.4 is 0 Å². The lowest BCUT2D eigenvalue weighted by Gasteiger charge is -2.32. The minimum atomic E-state index is 0.570. The number of hydrogen-bond donors (Lipinski definition) is 0. The minimum Gasteiger partial charge on any atom is -0.299 e. The Balaban J connectivity index is 1.54. The van der Waals surface area contributed by atoms with Crippen LogP contribution in [0.2, 0.25) is 0 Å². The standard InChI is InChI=1S/C22H23N3/c1-25-16-3-2-5-21(25)19-10-6-17(7-11-19)18-8-12-20(13-9-18)22-23-14-4-15-24-22/h4,6-15,21H,2-3,5,16H2,1H3. The zero-order valence-corrected chi connectivity index (χ0v) is 14.6. The first-order valence-electron chi connectivity index (χ1n) is 8.99. The first-order valence-corrected chi connectivity index (χ1v) is 8.99. The highest BCUT2D eigenvalue weighted by atomic mass is 15.1. The number of aromatic nitrogens is 2. The van der Waals surface area contributed by atoms with Crippen LogP contribution in [0, 0.1) is 0 Å². The van der Waals surface area contributed by atoms with Gasteiger partial charge in [0.05, 0.1) is 0 Å². The molecule has 0 saturated carbocycles. The molecule has 3 aromatic rings. The van der Waals surface area contributed by atoms with Gasteiger partial charge in [-0.25, -0.2) is 9.97 Å². The summed E-state index contributed by atoms with van der Waals surface area (Å²) >= 11 is 0. The Kier molecular flexibility index (Phi) is 4.57. The number of likely N-dealkylation sites (tertiary alicyclic amines) is 1. The zero-order valence-electron chi connectivity index (χ0n) is 14.6. The Morgan fingerprint density at radius 3 is 2.04 bits per heavy atom. The van der Waals surface area contributed by atoms with Crippen molar-refractivity contribution >= 4 is 0 Å². The maximum absolute atomic E-state index is 4.31. The van der Waals surface area contributed by atoms with E-state index < -0.39 is 0 Å². The Hall–Kier alpha value is -2.52. The molecule has 2 aromatic carbocycles. The Morgan fingerprint density at radius 2 is 1.40 bits per heavy atom. The molecular formula is C22H23N3. The fourth-order valence-electron chi connectivity index (χ4n) is 3.65. The van der Waals surface area contributed by atoms with Gasteiger partial charge in [-0.3, -0.25) is 4.90 Å². The van der Waals surface area contributed by atoms with Gasteiger partial charge < -0.3 is 0 Å². The van der Waals surface area contributed by atoms with Gasteiger partial charge in [0.2, 0.25) is 0 Å². The lowest BCUT2D eigenvalue weighted by atomic mass is 9.94. The molecule has 1 saturated heterocycles. The summed E-state index contributed by atoms with van der Waals surface area (Å²) in [6, 6.07) is 19.9. The third kappa shape index (κ3) is 3.47. The molecule has 1 aromatic heterocycles. The molecule has 1 aliphatic heterocycles. The van der Waals surface area contributed by atoms with Gasteiger partial charge >= 0.3 is 0 Å². The molecule has 0 aliphatic carbocycles. The van der Waals surface area contributed by atoms with Gasteiger partial charge in [0.1, 0.15) is 0 Å². The SMILES string of the molecule is CN1CCCCC1c1ccc(-c2ccc(-c3ncccn3)cc2)cc1. The molecule has 0 amide bonds. The highest BCUT2D eigenvalue weighted by Gasteiger charge is 2.20. The fraction of sp³-hybridized carbons (Fsp3) is 0.273. The van der Waals surface area contributed by atoms with E-state index in [-0.39, 0.29) is 0 Å². The molecule has 126 valence electrons. The summed E-state index contributed by atoms with van der Waals surface area (Å²) in [6.07, 6.45) is 7.47. The molecule has 0 radical (unpaired) electrons. The van der Waals surface area contributed by atoms with Crippen molar-refractivity contribution in [1.29, 1.82) is 0 Å². The van der Waals surface area contributed by atoms with Crippen LogP contribution >= 0.6 is 0 Å². The van der Waals surface area contributed by atoms with Crippen molar-refractivity contribution in [3.8, 4) is 22.5 Å². The fourth-order valence-corrected chi connectivity index (χ4v) is 3.65. The average molecular weight is 329 g/mol. The summed E-state index contributed by atoms with van der Waals surface area (Å²) in [7, 11) is 2.24. The molecule has 1 atom stereocenters. The van der Waals surface area contributed by atoms with Crippen LogP contribution in [0.1, 0.15) is 30.9 Å². The van der Waals surface area contributed by atoms with E-state index in [4.69, 9.17) is 0 Å². The topological polar surface area (TPSA) is 29.0 Å². The van der Waals surface area contributed by atoms with Crippen molar-refractivity contribution in [3.63, 3.8) is 0 Å². The van der Waals surface area contributed by atoms with Crippen LogP contribution in [0.3, 0.4) is 0 Å². The van der Waals surface area contributed by atoms with E-state index in [0.29, 0.717) is 6.04 Å². The molecule has 3 heteroatoms. The van der Waals surface area contributed by atoms with Gasteiger partial charge in [-0.15, -0.1) is 0 Å². The van der Waals surface area contributed by atoms with Crippen LogP contribution in [0.15, 0.2) is 67.0 Å². The Bertz CT molecular complexity index is 810. The van der Waals surface area contributed by atoms with Crippen molar-refractivity contribution in [2.24, 2.45) is 0 Å². The molecular weight excluding hydrogens is 306 g/mol. The van der Waals surface area contributed by atoms with Crippen LogP contribution in [-0.4, -0.2) is 28.5 Å². The smallest absolute Gasteiger partial charge is 0.159 e. The van der Waals surface area contributed by atoms with E-state index in [9.17, 15) is 0 Å². The summed E-state index contributed by atoms with van der Waals surface area (Å²) in [4.78, 5) is 11.1. The quantitative estimate of drug-likeness (QED) is 0.679. The normalized spacial score (nSPS) is 18.2. The van der Waals surface area contributed by atoms with E-state index in [0.717, 1.165) is 11.4 Å². The van der Waals surface area contributed by atoms with Crippen LogP contribution in [-0.2, 0) is 0 Å². The van der Waals surface area contributed by atoms with E-state index in [2.05, 4.69) is 70.4 Å². The van der Waals surface area contributed by atoms with Crippen LogP contribution in [0.4, 0.5) is 0 Å². The molecule has 4 rings (SSSR count). The van der Waals surface area contributed by atoms with E-state index in [1.165, 1.54) is 42.5 Å². The average Bonchev–Trinajstić information content (AvgIpc) is 2.69. The lowest BCUT2D eigenvalue weighted by Crippen LogP contribution is -2.29. The van der Waals surface area contributed by atoms with Gasteiger partial charge in [0.15, 0.2) is 5.82 Å². The molecule has 25 heavy (non-hydrogen) atoms. The maximum Gasteiger partial charge on any atom is 0.159 e. The summed E-state index contributed by atoms with van der Waals surface area (Å²) in [5.41, 5.74) is 4.95. The van der Waals surface area contributed by atoms with Crippen LogP contribution in [0.5, 0.6) is 0 Å². The molecule has 0 bridgehead atoms.